The zero-order valence-electron chi connectivity index (χ0n) is 23.2. The fourth-order valence-electron chi connectivity index (χ4n) is 4.62. The molecule has 1 aliphatic heterocycles. The molecule has 1 aromatic heterocycles. The van der Waals surface area contributed by atoms with Gasteiger partial charge in [0.2, 0.25) is 0 Å². The van der Waals surface area contributed by atoms with Gasteiger partial charge in [-0.2, -0.15) is 5.26 Å². The van der Waals surface area contributed by atoms with Crippen molar-refractivity contribution in [2.24, 2.45) is 5.41 Å². The number of aromatic nitrogens is 1. The smallest absolute Gasteiger partial charge is 0.131 e. The van der Waals surface area contributed by atoms with Gasteiger partial charge in [0.05, 0.1) is 35.1 Å². The van der Waals surface area contributed by atoms with Gasteiger partial charge in [-0.25, -0.2) is 8.78 Å². The van der Waals surface area contributed by atoms with Gasteiger partial charge in [0, 0.05) is 45.1 Å². The number of hydrogen-bond donors (Lipinski definition) is 4. The van der Waals surface area contributed by atoms with Crippen molar-refractivity contribution in [3.05, 3.63) is 111 Å². The van der Waals surface area contributed by atoms with Crippen molar-refractivity contribution in [1.29, 1.82) is 5.26 Å². The first kappa shape index (κ1) is 29.6. The molecule has 0 radical (unpaired) electrons. The molecular weight excluding hydrogens is 624 g/mol. The Kier molecular flexibility index (Phi) is 8.55. The van der Waals surface area contributed by atoms with E-state index < -0.39 is 17.7 Å². The number of nitriles is 1. The normalized spacial score (nSPS) is 13.9. The highest BCUT2D eigenvalue weighted by Crippen LogP contribution is 2.37. The summed E-state index contributed by atoms with van der Waals surface area (Å²) in [5, 5.41) is 19.7. The largest absolute Gasteiger partial charge is 0.383 e. The summed E-state index contributed by atoms with van der Waals surface area (Å²) in [6.07, 6.45) is 3.32. The van der Waals surface area contributed by atoms with Crippen molar-refractivity contribution >= 4 is 49.8 Å². The average molecular weight is 653 g/mol. The van der Waals surface area contributed by atoms with E-state index in [2.05, 4.69) is 69.3 Å². The molecule has 1 aliphatic rings. The Morgan fingerprint density at radius 2 is 1.86 bits per heavy atom. The van der Waals surface area contributed by atoms with E-state index in [0.717, 1.165) is 21.1 Å². The molecule has 1 atom stereocenters. The molecule has 2 heterocycles. The number of rotatable bonds is 8. The molecule has 0 amide bonds. The Hall–Kier alpha value is -3.91. The van der Waals surface area contributed by atoms with E-state index in [1.54, 1.807) is 23.5 Å². The first-order chi connectivity index (χ1) is 20.0. The van der Waals surface area contributed by atoms with E-state index in [4.69, 9.17) is 11.6 Å². The van der Waals surface area contributed by atoms with Crippen LogP contribution >= 0.6 is 27.5 Å². The minimum atomic E-state index is -0.623. The number of benzene rings is 3. The Balaban J connectivity index is 1.54. The first-order valence-electron chi connectivity index (χ1n) is 13.2. The molecule has 7 nitrogen and oxygen atoms in total. The second kappa shape index (κ2) is 12.1. The summed E-state index contributed by atoms with van der Waals surface area (Å²) in [6, 6.07) is 16.9. The lowest BCUT2D eigenvalue weighted by Crippen LogP contribution is -2.37. The second-order valence-corrected chi connectivity index (χ2v) is 12.4. The number of hydrazine groups is 2. The summed E-state index contributed by atoms with van der Waals surface area (Å²) in [6.45, 7) is 6.96. The van der Waals surface area contributed by atoms with Crippen LogP contribution in [0.2, 0.25) is 5.02 Å². The maximum Gasteiger partial charge on any atom is 0.131 e. The van der Waals surface area contributed by atoms with Gasteiger partial charge in [-0.1, -0.05) is 56.6 Å². The maximum atomic E-state index is 14.3. The van der Waals surface area contributed by atoms with Crippen molar-refractivity contribution in [3.8, 4) is 6.07 Å². The van der Waals surface area contributed by atoms with Gasteiger partial charge in [0.25, 0.3) is 0 Å². The molecule has 216 valence electrons. The van der Waals surface area contributed by atoms with Crippen LogP contribution in [0.5, 0.6) is 0 Å². The standard InChI is InChI=1S/C31H29BrClF2N7/c1-31(2,3)17-38-28-18(13-36)14-37-29-21(28)11-19(12-23(29)32)39-30(20-7-4-5-8-24(20)33)27-16-42(41-40-27)15-22-25(34)9-6-10-26(22)35/h4-12,14,16,30,39-41H,15,17H2,1-3H3,(H,37,38)/t30-/m0/s1. The van der Waals surface area contributed by atoms with Crippen LogP contribution < -0.4 is 21.6 Å². The SMILES string of the molecule is CC(C)(C)CNc1c(C#N)cnc2c(Br)cc(N[C@H](C3=CN(Cc4c(F)cccc4F)NN3)c3ccccc3Cl)cc12. The van der Waals surface area contributed by atoms with E-state index in [0.29, 0.717) is 34.0 Å². The molecule has 0 aliphatic carbocycles. The van der Waals surface area contributed by atoms with Crippen LogP contribution in [0.4, 0.5) is 20.2 Å². The van der Waals surface area contributed by atoms with Gasteiger partial charge in [0.1, 0.15) is 17.7 Å². The minimum absolute atomic E-state index is 0.0182. The first-order valence-corrected chi connectivity index (χ1v) is 14.4. The summed E-state index contributed by atoms with van der Waals surface area (Å²) in [4.78, 5) is 4.53. The Morgan fingerprint density at radius 3 is 2.55 bits per heavy atom. The van der Waals surface area contributed by atoms with E-state index in [1.165, 1.54) is 18.2 Å². The monoisotopic (exact) mass is 651 g/mol. The fourth-order valence-corrected chi connectivity index (χ4v) is 5.43. The van der Waals surface area contributed by atoms with E-state index in [9.17, 15) is 14.0 Å². The van der Waals surface area contributed by atoms with Crippen LogP contribution in [-0.2, 0) is 6.54 Å². The molecule has 0 unspecified atom stereocenters. The number of hydrogen-bond acceptors (Lipinski definition) is 7. The van der Waals surface area contributed by atoms with Crippen molar-refractivity contribution in [3.63, 3.8) is 0 Å². The fraction of sp³-hybridized carbons (Fsp3) is 0.226. The second-order valence-electron chi connectivity index (χ2n) is 11.2. The Bertz CT molecular complexity index is 1690. The van der Waals surface area contributed by atoms with Crippen LogP contribution in [0.1, 0.15) is 43.5 Å². The van der Waals surface area contributed by atoms with E-state index in [1.807, 2.05) is 30.3 Å². The zero-order valence-corrected chi connectivity index (χ0v) is 25.5. The summed E-state index contributed by atoms with van der Waals surface area (Å²) in [5.74, 6) is -1.25. The van der Waals surface area contributed by atoms with Gasteiger partial charge in [-0.3, -0.25) is 9.99 Å². The van der Waals surface area contributed by atoms with Crippen LogP contribution in [0.15, 0.2) is 77.2 Å². The highest BCUT2D eigenvalue weighted by molar-refractivity contribution is 9.10. The molecule has 0 saturated heterocycles. The predicted octanol–water partition coefficient (Wildman–Crippen LogP) is 7.78. The molecule has 42 heavy (non-hydrogen) atoms. The molecule has 0 spiro atoms. The van der Waals surface area contributed by atoms with Crippen molar-refractivity contribution in [2.45, 2.75) is 33.4 Å². The third-order valence-electron chi connectivity index (χ3n) is 6.71. The summed E-state index contributed by atoms with van der Waals surface area (Å²) < 4.78 is 29.4. The number of fused-ring (bicyclic) bond motifs is 1. The quantitative estimate of drug-likeness (QED) is 0.155. The lowest BCUT2D eigenvalue weighted by Gasteiger charge is -2.24. The van der Waals surface area contributed by atoms with Gasteiger partial charge < -0.3 is 16.1 Å². The molecule has 11 heteroatoms. The summed E-state index contributed by atoms with van der Waals surface area (Å²) >= 11 is 10.3. The van der Waals surface area contributed by atoms with Crippen LogP contribution in [-0.4, -0.2) is 16.5 Å². The van der Waals surface area contributed by atoms with E-state index in [-0.39, 0.29) is 17.5 Å². The minimum Gasteiger partial charge on any atom is -0.383 e. The van der Waals surface area contributed by atoms with Gasteiger partial charge in [-0.15, -0.1) is 5.53 Å². The van der Waals surface area contributed by atoms with Gasteiger partial charge in [0.15, 0.2) is 0 Å². The maximum absolute atomic E-state index is 14.3. The number of nitrogens with zero attached hydrogens (tertiary/aromatic N) is 3. The lowest BCUT2D eigenvalue weighted by molar-refractivity contribution is 0.255. The third-order valence-corrected chi connectivity index (χ3v) is 7.66. The zero-order chi connectivity index (χ0) is 30.0. The molecule has 0 fully saturated rings. The molecule has 0 saturated carbocycles. The van der Waals surface area contributed by atoms with Crippen LogP contribution in [0.3, 0.4) is 0 Å². The predicted molar refractivity (Wildman–Crippen MR) is 166 cm³/mol. The average Bonchev–Trinajstić information content (AvgIpc) is 3.41. The highest BCUT2D eigenvalue weighted by atomic mass is 79.9. The molecular formula is C31H29BrClF2N7. The van der Waals surface area contributed by atoms with Gasteiger partial charge in [-0.05, 0) is 57.2 Å². The summed E-state index contributed by atoms with van der Waals surface area (Å²) in [5.41, 5.74) is 10.1. The molecule has 4 aromatic rings. The van der Waals surface area contributed by atoms with Crippen molar-refractivity contribution < 1.29 is 8.78 Å². The topological polar surface area (TPSA) is 88.0 Å². The Labute approximate surface area is 256 Å². The van der Waals surface area contributed by atoms with Gasteiger partial charge >= 0.3 is 0 Å². The number of anilines is 2. The molecule has 0 bridgehead atoms. The summed E-state index contributed by atoms with van der Waals surface area (Å²) in [7, 11) is 0. The number of nitrogens with one attached hydrogen (secondary N) is 4. The highest BCUT2D eigenvalue weighted by Gasteiger charge is 2.26. The molecule has 4 N–H and O–H groups in total. The van der Waals surface area contributed by atoms with Crippen molar-refractivity contribution in [2.75, 3.05) is 17.2 Å². The number of halogens is 4. The molecule has 3 aromatic carbocycles. The lowest BCUT2D eigenvalue weighted by atomic mass is 9.96. The molecule has 5 rings (SSSR count). The Morgan fingerprint density at radius 1 is 1.12 bits per heavy atom. The van der Waals surface area contributed by atoms with Crippen molar-refractivity contribution in [1.82, 2.24) is 21.0 Å². The van der Waals surface area contributed by atoms with Crippen LogP contribution in [0.25, 0.3) is 10.9 Å². The van der Waals surface area contributed by atoms with Crippen LogP contribution in [0, 0.1) is 28.4 Å². The van der Waals surface area contributed by atoms with E-state index >= 15 is 0 Å². The number of pyridine rings is 1. The third kappa shape index (κ3) is 6.44.